The molecule has 7 heteroatoms. The van der Waals surface area contributed by atoms with E-state index in [1.165, 1.54) is 4.90 Å². The molecule has 1 aliphatic carbocycles. The fraction of sp³-hybridized carbons (Fsp3) is 0.526. The van der Waals surface area contributed by atoms with Crippen LogP contribution in [0.4, 0.5) is 0 Å². The molecular formula is C19H23ClN2O4. The summed E-state index contributed by atoms with van der Waals surface area (Å²) in [5.74, 6) is -1.54. The first-order chi connectivity index (χ1) is 12.5. The fourth-order valence-corrected chi connectivity index (χ4v) is 4.06. The van der Waals surface area contributed by atoms with Crippen LogP contribution < -0.4 is 0 Å². The predicted octanol–water partition coefficient (Wildman–Crippen LogP) is 2.54. The van der Waals surface area contributed by atoms with Gasteiger partial charge in [-0.1, -0.05) is 42.6 Å². The lowest BCUT2D eigenvalue weighted by molar-refractivity contribution is -0.157. The number of hydrogen-bond acceptors (Lipinski definition) is 3. The van der Waals surface area contributed by atoms with Crippen LogP contribution >= 0.6 is 11.6 Å². The summed E-state index contributed by atoms with van der Waals surface area (Å²) in [5.41, 5.74) is 0.812. The summed E-state index contributed by atoms with van der Waals surface area (Å²) in [6.45, 7) is 1.07. The molecule has 1 unspecified atom stereocenters. The first kappa shape index (κ1) is 18.7. The largest absolute Gasteiger partial charge is 0.481 e. The summed E-state index contributed by atoms with van der Waals surface area (Å²) >= 11 is 6.18. The van der Waals surface area contributed by atoms with Gasteiger partial charge in [0.1, 0.15) is 6.04 Å². The first-order valence-electron chi connectivity index (χ1n) is 9.02. The zero-order valence-electron chi connectivity index (χ0n) is 14.6. The molecule has 6 nitrogen and oxygen atoms in total. The molecule has 3 rings (SSSR count). The molecule has 1 aromatic rings. The maximum absolute atomic E-state index is 12.9. The smallest absolute Gasteiger partial charge is 0.305 e. The van der Waals surface area contributed by atoms with Gasteiger partial charge >= 0.3 is 5.97 Å². The average molecular weight is 379 g/mol. The number of carboxylic acid groups (broad SMARTS) is 1. The van der Waals surface area contributed by atoms with E-state index in [1.54, 1.807) is 11.0 Å². The predicted molar refractivity (Wildman–Crippen MR) is 96.6 cm³/mol. The van der Waals surface area contributed by atoms with Crippen molar-refractivity contribution in [1.82, 2.24) is 9.80 Å². The van der Waals surface area contributed by atoms with Gasteiger partial charge in [-0.3, -0.25) is 14.4 Å². The Morgan fingerprint density at radius 3 is 2.50 bits per heavy atom. The minimum atomic E-state index is -1.08. The van der Waals surface area contributed by atoms with Crippen LogP contribution in [0, 0.1) is 5.92 Å². The lowest BCUT2D eigenvalue weighted by atomic mass is 10.0. The van der Waals surface area contributed by atoms with Crippen molar-refractivity contribution in [3.63, 3.8) is 0 Å². The van der Waals surface area contributed by atoms with Gasteiger partial charge in [0.15, 0.2) is 0 Å². The summed E-state index contributed by atoms with van der Waals surface area (Å²) in [6.07, 6.45) is 3.32. The Morgan fingerprint density at radius 1 is 1.15 bits per heavy atom. The third-order valence-electron chi connectivity index (χ3n) is 5.26. The molecule has 140 valence electrons. The Kier molecular flexibility index (Phi) is 5.81. The highest BCUT2D eigenvalue weighted by Gasteiger charge is 2.41. The summed E-state index contributed by atoms with van der Waals surface area (Å²) in [5, 5.41) is 9.81. The van der Waals surface area contributed by atoms with Gasteiger partial charge in [0, 0.05) is 30.6 Å². The number of halogens is 1. The molecule has 1 heterocycles. The van der Waals surface area contributed by atoms with E-state index in [9.17, 15) is 19.5 Å². The van der Waals surface area contributed by atoms with Gasteiger partial charge in [-0.2, -0.15) is 0 Å². The maximum Gasteiger partial charge on any atom is 0.305 e. The van der Waals surface area contributed by atoms with Crippen LogP contribution in [-0.4, -0.2) is 51.8 Å². The van der Waals surface area contributed by atoms with E-state index in [4.69, 9.17) is 11.6 Å². The number of hydrogen-bond donors (Lipinski definition) is 1. The molecular weight excluding hydrogens is 356 g/mol. The van der Waals surface area contributed by atoms with Crippen LogP contribution in [0.1, 0.15) is 37.7 Å². The van der Waals surface area contributed by atoms with Crippen molar-refractivity contribution in [2.24, 2.45) is 5.92 Å². The van der Waals surface area contributed by atoms with Gasteiger partial charge in [-0.25, -0.2) is 0 Å². The Hall–Kier alpha value is -2.08. The lowest BCUT2D eigenvalue weighted by Crippen LogP contribution is -2.59. The number of carbonyl (C=O) groups excluding carboxylic acids is 2. The minimum Gasteiger partial charge on any atom is -0.481 e. The lowest BCUT2D eigenvalue weighted by Gasteiger charge is -2.41. The van der Waals surface area contributed by atoms with Crippen LogP contribution in [-0.2, 0) is 20.9 Å². The number of carbonyl (C=O) groups is 3. The number of piperazine rings is 1. The molecule has 2 aliphatic rings. The fourth-order valence-electron chi connectivity index (χ4n) is 3.86. The van der Waals surface area contributed by atoms with E-state index >= 15 is 0 Å². The first-order valence-corrected chi connectivity index (χ1v) is 9.39. The van der Waals surface area contributed by atoms with Gasteiger partial charge in [-0.15, -0.1) is 0 Å². The van der Waals surface area contributed by atoms with Gasteiger partial charge in [0.2, 0.25) is 11.8 Å². The van der Waals surface area contributed by atoms with Crippen LogP contribution in [0.25, 0.3) is 0 Å². The van der Waals surface area contributed by atoms with Crippen molar-refractivity contribution >= 4 is 29.4 Å². The summed E-state index contributed by atoms with van der Waals surface area (Å²) in [7, 11) is 0. The normalized spacial score (nSPS) is 21.3. The van der Waals surface area contributed by atoms with Gasteiger partial charge in [0.05, 0.1) is 6.42 Å². The number of rotatable bonds is 5. The van der Waals surface area contributed by atoms with Crippen LogP contribution in [0.3, 0.4) is 0 Å². The zero-order valence-corrected chi connectivity index (χ0v) is 15.3. The molecule has 1 saturated carbocycles. The Morgan fingerprint density at radius 2 is 1.85 bits per heavy atom. The molecule has 2 amide bonds. The second-order valence-corrected chi connectivity index (χ2v) is 7.39. The average Bonchev–Trinajstić information content (AvgIpc) is 3.14. The van der Waals surface area contributed by atoms with Crippen molar-refractivity contribution < 1.29 is 19.5 Å². The van der Waals surface area contributed by atoms with Crippen molar-refractivity contribution in [2.45, 2.75) is 44.7 Å². The molecule has 1 aromatic carbocycles. The Labute approximate surface area is 157 Å². The summed E-state index contributed by atoms with van der Waals surface area (Å²) < 4.78 is 0. The van der Waals surface area contributed by atoms with E-state index in [1.807, 2.05) is 18.2 Å². The zero-order chi connectivity index (χ0) is 18.7. The number of carboxylic acids is 1. The highest BCUT2D eigenvalue weighted by Crippen LogP contribution is 2.29. The number of nitrogens with zero attached hydrogens (tertiary/aromatic N) is 2. The third-order valence-corrected chi connectivity index (χ3v) is 5.63. The third kappa shape index (κ3) is 4.01. The van der Waals surface area contributed by atoms with Crippen LogP contribution in [0.5, 0.6) is 0 Å². The molecule has 0 aromatic heterocycles. The molecule has 26 heavy (non-hydrogen) atoms. The summed E-state index contributed by atoms with van der Waals surface area (Å²) in [6, 6.07) is 6.34. The number of aliphatic carboxylic acids is 1. The number of benzene rings is 1. The second-order valence-electron chi connectivity index (χ2n) is 6.98. The second kappa shape index (κ2) is 8.08. The Balaban J connectivity index is 1.77. The molecule has 0 bridgehead atoms. The van der Waals surface area contributed by atoms with E-state index in [-0.39, 0.29) is 24.2 Å². The van der Waals surface area contributed by atoms with E-state index in [2.05, 4.69) is 0 Å². The molecule has 2 fully saturated rings. The minimum absolute atomic E-state index is 0.0699. The Bertz CT molecular complexity index is 703. The topological polar surface area (TPSA) is 77.9 Å². The summed E-state index contributed by atoms with van der Waals surface area (Å²) in [4.78, 5) is 40.1. The molecule has 1 saturated heterocycles. The van der Waals surface area contributed by atoms with E-state index in [0.717, 1.165) is 31.2 Å². The highest BCUT2D eigenvalue weighted by molar-refractivity contribution is 6.31. The van der Waals surface area contributed by atoms with E-state index < -0.39 is 12.0 Å². The molecule has 1 aliphatic heterocycles. The molecule has 1 atom stereocenters. The van der Waals surface area contributed by atoms with Gasteiger partial charge in [-0.05, 0) is 24.5 Å². The maximum atomic E-state index is 12.9. The van der Waals surface area contributed by atoms with Gasteiger partial charge in [0.25, 0.3) is 0 Å². The standard InChI is InChI=1S/C19H23ClN2O4/c20-15-8-4-3-7-14(15)12-21-9-10-22(16(19(21)26)11-17(23)24)18(25)13-5-1-2-6-13/h3-4,7-8,13,16H,1-2,5-6,9-12H2,(H,23,24). The van der Waals surface area contributed by atoms with Crippen molar-refractivity contribution in [2.75, 3.05) is 13.1 Å². The van der Waals surface area contributed by atoms with Gasteiger partial charge < -0.3 is 14.9 Å². The number of amides is 2. The monoisotopic (exact) mass is 378 g/mol. The van der Waals surface area contributed by atoms with Crippen molar-refractivity contribution in [1.29, 1.82) is 0 Å². The quantitative estimate of drug-likeness (QED) is 0.854. The van der Waals surface area contributed by atoms with Crippen LogP contribution in [0.2, 0.25) is 5.02 Å². The molecule has 0 spiro atoms. The van der Waals surface area contributed by atoms with Crippen LogP contribution in [0.15, 0.2) is 24.3 Å². The van der Waals surface area contributed by atoms with E-state index in [0.29, 0.717) is 24.7 Å². The highest BCUT2D eigenvalue weighted by atomic mass is 35.5. The molecule has 0 radical (unpaired) electrons. The van der Waals surface area contributed by atoms with Crippen molar-refractivity contribution in [3.05, 3.63) is 34.9 Å². The SMILES string of the molecule is O=C(O)CC1C(=O)N(Cc2ccccc2Cl)CCN1C(=O)C1CCCC1. The molecule has 1 N–H and O–H groups in total. The van der Waals surface area contributed by atoms with Crippen molar-refractivity contribution in [3.8, 4) is 0 Å².